The summed E-state index contributed by atoms with van der Waals surface area (Å²) in [6.07, 6.45) is 2.20. The van der Waals surface area contributed by atoms with E-state index in [1.165, 1.54) is 5.75 Å². The molecular weight excluding hydrogens is 200 g/mol. The Labute approximate surface area is 87.4 Å². The van der Waals surface area contributed by atoms with Crippen LogP contribution in [-0.2, 0) is 9.59 Å². The van der Waals surface area contributed by atoms with E-state index < -0.39 is 0 Å². The lowest BCUT2D eigenvalue weighted by atomic mass is 10.1. The Bertz CT molecular complexity index is 251. The Morgan fingerprint density at radius 2 is 2.29 bits per heavy atom. The number of piperazine rings is 1. The number of hydrogen-bond acceptors (Lipinski definition) is 3. The highest BCUT2D eigenvalue weighted by Crippen LogP contribution is 2.22. The van der Waals surface area contributed by atoms with Gasteiger partial charge >= 0.3 is 0 Å². The quantitative estimate of drug-likeness (QED) is 0.660. The van der Waals surface area contributed by atoms with Crippen LogP contribution in [0.5, 0.6) is 0 Å². The zero-order valence-corrected chi connectivity index (χ0v) is 8.81. The standard InChI is InChI=1S/C9H14N2O2S/c12-8-5-11(9(13)4-10-8)7-2-1-3-14-6-7/h7H,1-6H2,(H,10,12). The second-order valence-corrected chi connectivity index (χ2v) is 4.82. The number of amides is 2. The fourth-order valence-electron chi connectivity index (χ4n) is 1.88. The van der Waals surface area contributed by atoms with Crippen LogP contribution in [0.25, 0.3) is 0 Å². The SMILES string of the molecule is O=C1CN(C2CCCSC2)C(=O)CN1. The maximum atomic E-state index is 11.5. The molecule has 2 aliphatic heterocycles. The molecule has 2 rings (SSSR count). The van der Waals surface area contributed by atoms with Gasteiger partial charge in [-0.25, -0.2) is 0 Å². The van der Waals surface area contributed by atoms with Crippen LogP contribution in [0.15, 0.2) is 0 Å². The molecule has 0 saturated carbocycles. The van der Waals surface area contributed by atoms with Gasteiger partial charge in [-0.2, -0.15) is 11.8 Å². The monoisotopic (exact) mass is 214 g/mol. The first-order chi connectivity index (χ1) is 6.77. The van der Waals surface area contributed by atoms with Crippen molar-refractivity contribution in [1.29, 1.82) is 0 Å². The van der Waals surface area contributed by atoms with Gasteiger partial charge in [0.2, 0.25) is 11.8 Å². The van der Waals surface area contributed by atoms with Crippen LogP contribution < -0.4 is 5.32 Å². The van der Waals surface area contributed by atoms with Crippen molar-refractivity contribution < 1.29 is 9.59 Å². The number of thioether (sulfide) groups is 1. The lowest BCUT2D eigenvalue weighted by Gasteiger charge is -2.36. The van der Waals surface area contributed by atoms with Gasteiger partial charge in [-0.15, -0.1) is 0 Å². The molecule has 0 aromatic rings. The third-order valence-corrected chi connectivity index (χ3v) is 3.85. The summed E-state index contributed by atoms with van der Waals surface area (Å²) in [5.41, 5.74) is 0. The molecule has 0 radical (unpaired) electrons. The molecule has 0 aromatic heterocycles. The van der Waals surface area contributed by atoms with Gasteiger partial charge in [0.25, 0.3) is 0 Å². The predicted octanol–water partition coefficient (Wildman–Crippen LogP) is -0.160. The number of carbonyl (C=O) groups excluding carboxylic acids is 2. The van der Waals surface area contributed by atoms with E-state index in [0.29, 0.717) is 0 Å². The van der Waals surface area contributed by atoms with E-state index in [9.17, 15) is 9.59 Å². The summed E-state index contributed by atoms with van der Waals surface area (Å²) in [6, 6.07) is 0.285. The van der Waals surface area contributed by atoms with Gasteiger partial charge in [0.05, 0.1) is 13.1 Å². The largest absolute Gasteiger partial charge is 0.345 e. The van der Waals surface area contributed by atoms with Crippen LogP contribution >= 0.6 is 11.8 Å². The van der Waals surface area contributed by atoms with Crippen molar-refractivity contribution in [2.45, 2.75) is 18.9 Å². The molecule has 0 aliphatic carbocycles. The van der Waals surface area contributed by atoms with Crippen molar-refractivity contribution in [3.05, 3.63) is 0 Å². The number of hydrogen-bond donors (Lipinski definition) is 1. The second kappa shape index (κ2) is 4.21. The number of carbonyl (C=O) groups is 2. The molecule has 2 aliphatic rings. The van der Waals surface area contributed by atoms with Crippen molar-refractivity contribution >= 4 is 23.6 Å². The van der Waals surface area contributed by atoms with Gasteiger partial charge in [-0.1, -0.05) is 0 Å². The molecule has 0 bridgehead atoms. The molecule has 2 saturated heterocycles. The molecule has 4 nitrogen and oxygen atoms in total. The van der Waals surface area contributed by atoms with Gasteiger partial charge in [-0.3, -0.25) is 9.59 Å². The molecule has 2 fully saturated rings. The van der Waals surface area contributed by atoms with Gasteiger partial charge in [0.15, 0.2) is 0 Å². The minimum atomic E-state index is -0.0276. The van der Waals surface area contributed by atoms with E-state index in [1.807, 2.05) is 11.8 Å². The Hall–Kier alpha value is -0.710. The highest BCUT2D eigenvalue weighted by Gasteiger charge is 2.30. The van der Waals surface area contributed by atoms with E-state index in [2.05, 4.69) is 5.32 Å². The Kier molecular flexibility index (Phi) is 2.96. The molecule has 78 valence electrons. The van der Waals surface area contributed by atoms with E-state index in [1.54, 1.807) is 4.90 Å². The topological polar surface area (TPSA) is 49.4 Å². The minimum Gasteiger partial charge on any atom is -0.345 e. The normalized spacial score (nSPS) is 28.9. The van der Waals surface area contributed by atoms with Gasteiger partial charge < -0.3 is 10.2 Å². The first kappa shape index (κ1) is 9.83. The fourth-order valence-corrected chi connectivity index (χ4v) is 3.03. The molecule has 5 heteroatoms. The molecule has 14 heavy (non-hydrogen) atoms. The summed E-state index contributed by atoms with van der Waals surface area (Å²) in [6.45, 7) is 0.435. The second-order valence-electron chi connectivity index (χ2n) is 3.67. The average molecular weight is 214 g/mol. The van der Waals surface area contributed by atoms with Crippen LogP contribution in [0, 0.1) is 0 Å². The first-order valence-corrected chi connectivity index (χ1v) is 6.07. The van der Waals surface area contributed by atoms with E-state index >= 15 is 0 Å². The van der Waals surface area contributed by atoms with Gasteiger partial charge in [0, 0.05) is 11.8 Å². The summed E-state index contributed by atoms with van der Waals surface area (Å²) >= 11 is 1.87. The summed E-state index contributed by atoms with van der Waals surface area (Å²) in [5.74, 6) is 2.21. The number of nitrogens with one attached hydrogen (secondary N) is 1. The highest BCUT2D eigenvalue weighted by molar-refractivity contribution is 7.99. The van der Waals surface area contributed by atoms with Gasteiger partial charge in [-0.05, 0) is 18.6 Å². The van der Waals surface area contributed by atoms with Crippen molar-refractivity contribution in [1.82, 2.24) is 10.2 Å². The number of nitrogens with zero attached hydrogens (tertiary/aromatic N) is 1. The van der Waals surface area contributed by atoms with Crippen molar-refractivity contribution in [3.63, 3.8) is 0 Å². The van der Waals surface area contributed by atoms with Crippen LogP contribution in [0.1, 0.15) is 12.8 Å². The number of rotatable bonds is 1. The lowest BCUT2D eigenvalue weighted by Crippen LogP contribution is -2.56. The van der Waals surface area contributed by atoms with E-state index in [0.717, 1.165) is 18.6 Å². The third kappa shape index (κ3) is 2.03. The maximum absolute atomic E-state index is 11.5. The summed E-state index contributed by atoms with van der Waals surface area (Å²) in [7, 11) is 0. The summed E-state index contributed by atoms with van der Waals surface area (Å²) in [4.78, 5) is 24.4. The van der Waals surface area contributed by atoms with Crippen molar-refractivity contribution in [3.8, 4) is 0 Å². The van der Waals surface area contributed by atoms with Crippen LogP contribution in [-0.4, -0.2) is 47.4 Å². The zero-order valence-electron chi connectivity index (χ0n) is 7.99. The van der Waals surface area contributed by atoms with E-state index in [4.69, 9.17) is 0 Å². The summed E-state index contributed by atoms with van der Waals surface area (Å²) < 4.78 is 0. The highest BCUT2D eigenvalue weighted by atomic mass is 32.2. The molecule has 1 N–H and O–H groups in total. The molecule has 2 heterocycles. The van der Waals surface area contributed by atoms with Gasteiger partial charge in [0.1, 0.15) is 0 Å². The van der Waals surface area contributed by atoms with Crippen molar-refractivity contribution in [2.24, 2.45) is 0 Å². The summed E-state index contributed by atoms with van der Waals surface area (Å²) in [5, 5.41) is 2.56. The third-order valence-electron chi connectivity index (χ3n) is 2.65. The molecule has 0 aromatic carbocycles. The molecule has 2 amide bonds. The predicted molar refractivity (Wildman–Crippen MR) is 55.1 cm³/mol. The van der Waals surface area contributed by atoms with Crippen LogP contribution in [0.3, 0.4) is 0 Å². The lowest BCUT2D eigenvalue weighted by molar-refractivity contribution is -0.142. The van der Waals surface area contributed by atoms with Crippen LogP contribution in [0.4, 0.5) is 0 Å². The van der Waals surface area contributed by atoms with Crippen LogP contribution in [0.2, 0.25) is 0 Å². The maximum Gasteiger partial charge on any atom is 0.242 e. The molecule has 1 unspecified atom stereocenters. The van der Waals surface area contributed by atoms with Crippen molar-refractivity contribution in [2.75, 3.05) is 24.6 Å². The zero-order chi connectivity index (χ0) is 9.97. The molecule has 0 spiro atoms. The average Bonchev–Trinajstić information content (AvgIpc) is 2.23. The molecule has 1 atom stereocenters. The Balaban J connectivity index is 1.99. The fraction of sp³-hybridized carbons (Fsp3) is 0.778. The Morgan fingerprint density at radius 3 is 3.00 bits per heavy atom. The first-order valence-electron chi connectivity index (χ1n) is 4.91. The minimum absolute atomic E-state index is 0.0276. The Morgan fingerprint density at radius 1 is 1.43 bits per heavy atom. The smallest absolute Gasteiger partial charge is 0.242 e. The van der Waals surface area contributed by atoms with E-state index in [-0.39, 0.29) is 30.9 Å². The molecular formula is C9H14N2O2S.